The molecule has 0 bridgehead atoms. The van der Waals surface area contributed by atoms with E-state index in [1.807, 2.05) is 17.5 Å². The van der Waals surface area contributed by atoms with E-state index in [9.17, 15) is 4.79 Å². The van der Waals surface area contributed by atoms with E-state index in [2.05, 4.69) is 10.1 Å². The van der Waals surface area contributed by atoms with Gasteiger partial charge in [-0.2, -0.15) is 0 Å². The van der Waals surface area contributed by atoms with Crippen molar-refractivity contribution in [3.05, 3.63) is 22.4 Å². The Morgan fingerprint density at radius 2 is 2.37 bits per heavy atom. The second-order valence-electron chi connectivity index (χ2n) is 4.21. The van der Waals surface area contributed by atoms with Crippen LogP contribution in [0.2, 0.25) is 0 Å². The van der Waals surface area contributed by atoms with Crippen molar-refractivity contribution in [3.8, 4) is 0 Å². The first-order valence-electron chi connectivity index (χ1n) is 6.39. The summed E-state index contributed by atoms with van der Waals surface area (Å²) in [6.07, 6.45) is 1.63. The molecular weight excluding hydrogens is 264 g/mol. The molecule has 0 saturated carbocycles. The Balaban J connectivity index is 1.66. The number of ether oxygens (including phenoxy) is 1. The van der Waals surface area contributed by atoms with Gasteiger partial charge in [-0.3, -0.25) is 9.69 Å². The Bertz CT molecular complexity index is 400. The fourth-order valence-corrected chi connectivity index (χ4v) is 2.51. The molecule has 0 aliphatic carbocycles. The summed E-state index contributed by atoms with van der Waals surface area (Å²) in [6.45, 7) is 5.10. The summed E-state index contributed by atoms with van der Waals surface area (Å²) in [5, 5.41) is 5.79. The molecule has 5 nitrogen and oxygen atoms in total. The highest BCUT2D eigenvalue weighted by molar-refractivity contribution is 7.12. The zero-order chi connectivity index (χ0) is 13.3. The molecule has 0 amide bonds. The molecule has 2 heterocycles. The van der Waals surface area contributed by atoms with Crippen molar-refractivity contribution >= 4 is 23.3 Å². The molecule has 1 aromatic heterocycles. The van der Waals surface area contributed by atoms with E-state index in [0.717, 1.165) is 50.4 Å². The quantitative estimate of drug-likeness (QED) is 0.328. The van der Waals surface area contributed by atoms with E-state index in [-0.39, 0.29) is 0 Å². The van der Waals surface area contributed by atoms with Crippen LogP contribution < -0.4 is 0 Å². The summed E-state index contributed by atoms with van der Waals surface area (Å²) in [5.74, 6) is 0. The first kappa shape index (κ1) is 14.2. The van der Waals surface area contributed by atoms with Crippen LogP contribution in [-0.2, 0) is 14.4 Å². The van der Waals surface area contributed by atoms with Gasteiger partial charge in [-0.1, -0.05) is 11.2 Å². The molecule has 0 unspecified atom stereocenters. The molecule has 1 saturated heterocycles. The first-order valence-corrected chi connectivity index (χ1v) is 7.27. The zero-order valence-corrected chi connectivity index (χ0v) is 11.6. The number of hydrogen-bond donors (Lipinski definition) is 0. The Hall–Kier alpha value is -1.24. The Morgan fingerprint density at radius 3 is 3.05 bits per heavy atom. The second-order valence-corrected chi connectivity index (χ2v) is 5.16. The van der Waals surface area contributed by atoms with Gasteiger partial charge in [-0.15, -0.1) is 11.3 Å². The molecule has 2 rings (SSSR count). The van der Waals surface area contributed by atoms with Crippen molar-refractivity contribution in [1.82, 2.24) is 4.90 Å². The monoisotopic (exact) mass is 282 g/mol. The molecular formula is C13H18N2O3S. The molecule has 0 spiro atoms. The van der Waals surface area contributed by atoms with E-state index in [1.165, 1.54) is 11.3 Å². The lowest BCUT2D eigenvalue weighted by Crippen LogP contribution is -2.37. The summed E-state index contributed by atoms with van der Waals surface area (Å²) >= 11 is 1.48. The van der Waals surface area contributed by atoms with Gasteiger partial charge in [0.2, 0.25) is 0 Å². The Labute approximate surface area is 116 Å². The molecule has 0 atom stereocenters. The molecule has 1 fully saturated rings. The number of carbonyl (C=O) groups excluding carboxylic acids is 1. The maximum atomic E-state index is 10.9. The van der Waals surface area contributed by atoms with Crippen LogP contribution in [-0.4, -0.2) is 56.4 Å². The molecule has 0 N–H and O–H groups in total. The van der Waals surface area contributed by atoms with Gasteiger partial charge in [0.05, 0.1) is 18.1 Å². The molecule has 19 heavy (non-hydrogen) atoms. The van der Waals surface area contributed by atoms with E-state index >= 15 is 0 Å². The minimum atomic E-state index is 0.362. The minimum Gasteiger partial charge on any atom is -0.395 e. The van der Waals surface area contributed by atoms with Gasteiger partial charge in [0.25, 0.3) is 0 Å². The van der Waals surface area contributed by atoms with Crippen LogP contribution in [0.3, 0.4) is 0 Å². The average Bonchev–Trinajstić information content (AvgIpc) is 2.98. The van der Waals surface area contributed by atoms with Crippen molar-refractivity contribution in [1.29, 1.82) is 0 Å². The number of carbonyl (C=O) groups is 1. The van der Waals surface area contributed by atoms with Gasteiger partial charge in [0, 0.05) is 19.6 Å². The van der Waals surface area contributed by atoms with Gasteiger partial charge in [-0.25, -0.2) is 0 Å². The summed E-state index contributed by atoms with van der Waals surface area (Å²) in [7, 11) is 0. The second kappa shape index (κ2) is 8.04. The van der Waals surface area contributed by atoms with E-state index < -0.39 is 0 Å². The van der Waals surface area contributed by atoms with Gasteiger partial charge < -0.3 is 9.57 Å². The van der Waals surface area contributed by atoms with Crippen LogP contribution in [0.15, 0.2) is 22.7 Å². The van der Waals surface area contributed by atoms with Crippen molar-refractivity contribution in [2.75, 3.05) is 39.5 Å². The fourth-order valence-electron chi connectivity index (χ4n) is 1.84. The lowest BCUT2D eigenvalue weighted by atomic mass is 10.3. The number of nitrogens with zero attached hydrogens (tertiary/aromatic N) is 2. The summed E-state index contributed by atoms with van der Waals surface area (Å²) < 4.78 is 5.28. The van der Waals surface area contributed by atoms with E-state index in [1.54, 1.807) is 0 Å². The molecule has 1 aliphatic heterocycles. The highest BCUT2D eigenvalue weighted by atomic mass is 32.1. The minimum absolute atomic E-state index is 0.362. The Morgan fingerprint density at radius 1 is 1.53 bits per heavy atom. The molecule has 0 aromatic carbocycles. The molecule has 1 aliphatic rings. The van der Waals surface area contributed by atoms with Crippen LogP contribution >= 0.6 is 11.3 Å². The number of rotatable bonds is 7. The van der Waals surface area contributed by atoms with Gasteiger partial charge in [-0.05, 0) is 17.9 Å². The van der Waals surface area contributed by atoms with Crippen LogP contribution in [0.4, 0.5) is 0 Å². The number of morpholine rings is 1. The topological polar surface area (TPSA) is 51.1 Å². The van der Waals surface area contributed by atoms with Crippen LogP contribution in [0, 0.1) is 0 Å². The molecule has 104 valence electrons. The SMILES string of the molecule is O=CC(=NOCCCN1CCOCC1)c1cccs1. The van der Waals surface area contributed by atoms with Gasteiger partial charge >= 0.3 is 0 Å². The number of thiophene rings is 1. The summed E-state index contributed by atoms with van der Waals surface area (Å²) in [5.41, 5.74) is 0.362. The maximum absolute atomic E-state index is 10.9. The number of oxime groups is 1. The van der Waals surface area contributed by atoms with E-state index in [4.69, 9.17) is 9.57 Å². The largest absolute Gasteiger partial charge is 0.395 e. The van der Waals surface area contributed by atoms with Crippen LogP contribution in [0.1, 0.15) is 11.3 Å². The first-order chi connectivity index (χ1) is 9.40. The average molecular weight is 282 g/mol. The third-order valence-electron chi connectivity index (χ3n) is 2.86. The van der Waals surface area contributed by atoms with Crippen LogP contribution in [0.25, 0.3) is 0 Å². The van der Waals surface area contributed by atoms with Crippen LogP contribution in [0.5, 0.6) is 0 Å². The normalized spacial score (nSPS) is 17.4. The van der Waals surface area contributed by atoms with Crippen molar-refractivity contribution in [2.24, 2.45) is 5.16 Å². The van der Waals surface area contributed by atoms with Gasteiger partial charge in [0.15, 0.2) is 12.0 Å². The highest BCUT2D eigenvalue weighted by Crippen LogP contribution is 2.09. The molecule has 6 heteroatoms. The maximum Gasteiger partial charge on any atom is 0.173 e. The summed E-state index contributed by atoms with van der Waals surface area (Å²) in [6, 6.07) is 3.74. The Kier molecular flexibility index (Phi) is 6.00. The number of hydrogen-bond acceptors (Lipinski definition) is 6. The van der Waals surface area contributed by atoms with Gasteiger partial charge in [0.1, 0.15) is 6.61 Å². The van der Waals surface area contributed by atoms with Crippen molar-refractivity contribution in [2.45, 2.75) is 6.42 Å². The van der Waals surface area contributed by atoms with Crippen molar-refractivity contribution < 1.29 is 14.4 Å². The number of aldehydes is 1. The smallest absolute Gasteiger partial charge is 0.173 e. The van der Waals surface area contributed by atoms with Crippen molar-refractivity contribution in [3.63, 3.8) is 0 Å². The standard InChI is InChI=1S/C13H18N2O3S/c16-11-12(13-3-1-10-19-13)14-18-7-2-4-15-5-8-17-9-6-15/h1,3,10-11H,2,4-9H2. The van der Waals surface area contributed by atoms with E-state index in [0.29, 0.717) is 12.3 Å². The third kappa shape index (κ3) is 4.74. The predicted octanol–water partition coefficient (Wildman–Crippen LogP) is 1.39. The zero-order valence-electron chi connectivity index (χ0n) is 10.8. The highest BCUT2D eigenvalue weighted by Gasteiger charge is 2.09. The lowest BCUT2D eigenvalue weighted by molar-refractivity contribution is -0.102. The predicted molar refractivity (Wildman–Crippen MR) is 74.7 cm³/mol. The summed E-state index contributed by atoms with van der Waals surface area (Å²) in [4.78, 5) is 19.3. The molecule has 0 radical (unpaired) electrons. The lowest BCUT2D eigenvalue weighted by Gasteiger charge is -2.26. The fraction of sp³-hybridized carbons (Fsp3) is 0.538. The third-order valence-corrected chi connectivity index (χ3v) is 3.75. The molecule has 1 aromatic rings.